The zero-order valence-corrected chi connectivity index (χ0v) is 8.95. The average molecular weight is 210 g/mol. The van der Waals surface area contributed by atoms with Gasteiger partial charge in [0.15, 0.2) is 0 Å². The third kappa shape index (κ3) is 1.83. The number of nitrogens with one attached hydrogen (secondary N) is 1. The zero-order chi connectivity index (χ0) is 10.3. The highest BCUT2D eigenvalue weighted by molar-refractivity contribution is 5.75. The number of nitrogens with zero attached hydrogens (tertiary/aromatic N) is 1. The van der Waals surface area contributed by atoms with Crippen LogP contribution in [0.15, 0.2) is 0 Å². The number of ether oxygens (including phenoxy) is 1. The molecule has 2 atom stereocenters. The topological polar surface area (TPSA) is 41.6 Å². The number of morpholine rings is 1. The molecule has 1 saturated heterocycles. The molecule has 84 valence electrons. The smallest absolute Gasteiger partial charge is 0.318 e. The minimum atomic E-state index is 0.137. The Kier molecular flexibility index (Phi) is 2.31. The first-order chi connectivity index (χ1) is 7.34. The highest BCUT2D eigenvalue weighted by atomic mass is 16.5. The molecule has 4 nitrogen and oxygen atoms in total. The van der Waals surface area contributed by atoms with Crippen molar-refractivity contribution in [3.63, 3.8) is 0 Å². The lowest BCUT2D eigenvalue weighted by molar-refractivity contribution is -0.0383. The summed E-state index contributed by atoms with van der Waals surface area (Å²) < 4.78 is 5.68. The van der Waals surface area contributed by atoms with Crippen molar-refractivity contribution < 1.29 is 9.53 Å². The fourth-order valence-corrected chi connectivity index (χ4v) is 2.66. The van der Waals surface area contributed by atoms with Gasteiger partial charge in [0.25, 0.3) is 0 Å². The number of hydrogen-bond acceptors (Lipinski definition) is 2. The second-order valence-electron chi connectivity index (χ2n) is 4.82. The summed E-state index contributed by atoms with van der Waals surface area (Å²) in [5, 5.41) is 3.07. The normalized spacial score (nSPS) is 35.1. The molecule has 4 heteroatoms. The van der Waals surface area contributed by atoms with Crippen molar-refractivity contribution in [2.24, 2.45) is 0 Å². The minimum absolute atomic E-state index is 0.137. The van der Waals surface area contributed by atoms with E-state index in [1.54, 1.807) is 0 Å². The summed E-state index contributed by atoms with van der Waals surface area (Å²) >= 11 is 0. The van der Waals surface area contributed by atoms with Crippen LogP contribution in [-0.2, 0) is 4.74 Å². The van der Waals surface area contributed by atoms with Gasteiger partial charge in [0.2, 0.25) is 0 Å². The third-order valence-corrected chi connectivity index (χ3v) is 3.65. The van der Waals surface area contributed by atoms with Crippen LogP contribution in [0.25, 0.3) is 0 Å². The Morgan fingerprint density at radius 3 is 2.93 bits per heavy atom. The summed E-state index contributed by atoms with van der Waals surface area (Å²) in [6.07, 6.45) is 6.06. The Morgan fingerprint density at radius 1 is 1.27 bits per heavy atom. The summed E-state index contributed by atoms with van der Waals surface area (Å²) in [6.45, 7) is 1.47. The Morgan fingerprint density at radius 2 is 2.13 bits per heavy atom. The van der Waals surface area contributed by atoms with Crippen LogP contribution >= 0.6 is 0 Å². The predicted molar refractivity (Wildman–Crippen MR) is 55.6 cm³/mol. The molecule has 3 aliphatic rings. The first-order valence-electron chi connectivity index (χ1n) is 6.03. The molecule has 0 aromatic carbocycles. The molecule has 15 heavy (non-hydrogen) atoms. The Bertz CT molecular complexity index is 265. The fourth-order valence-electron chi connectivity index (χ4n) is 2.66. The highest BCUT2D eigenvalue weighted by Gasteiger charge is 2.39. The van der Waals surface area contributed by atoms with E-state index < -0.39 is 0 Å². The molecule has 1 heterocycles. The number of fused-ring (bicyclic) bond motifs is 1. The first kappa shape index (κ1) is 9.46. The summed E-state index contributed by atoms with van der Waals surface area (Å²) in [6, 6.07) is 0.940. The zero-order valence-electron chi connectivity index (χ0n) is 8.95. The van der Waals surface area contributed by atoms with E-state index in [9.17, 15) is 4.79 Å². The van der Waals surface area contributed by atoms with Crippen molar-refractivity contribution >= 4 is 6.03 Å². The molecule has 0 aromatic heterocycles. The summed E-state index contributed by atoms with van der Waals surface area (Å²) in [5.41, 5.74) is 0. The average Bonchev–Trinajstić information content (AvgIpc) is 2.93. The van der Waals surface area contributed by atoms with Gasteiger partial charge in [-0.15, -0.1) is 0 Å². The van der Waals surface area contributed by atoms with Gasteiger partial charge in [-0.1, -0.05) is 0 Å². The van der Waals surface area contributed by atoms with Crippen molar-refractivity contribution in [1.29, 1.82) is 0 Å². The second-order valence-corrected chi connectivity index (χ2v) is 4.82. The van der Waals surface area contributed by atoms with Crippen LogP contribution in [0.3, 0.4) is 0 Å². The predicted octanol–water partition coefficient (Wildman–Crippen LogP) is 1.11. The molecule has 2 saturated carbocycles. The van der Waals surface area contributed by atoms with E-state index in [2.05, 4.69) is 5.32 Å². The molecule has 0 bridgehead atoms. The first-order valence-corrected chi connectivity index (χ1v) is 6.03. The molecule has 2 unspecified atom stereocenters. The van der Waals surface area contributed by atoms with Gasteiger partial charge in [0.05, 0.1) is 18.8 Å². The molecular weight excluding hydrogens is 192 g/mol. The quantitative estimate of drug-likeness (QED) is 0.704. The maximum atomic E-state index is 12.0. The van der Waals surface area contributed by atoms with Gasteiger partial charge in [-0.05, 0) is 32.1 Å². The number of amides is 2. The van der Waals surface area contributed by atoms with E-state index in [0.29, 0.717) is 24.8 Å². The van der Waals surface area contributed by atoms with Crippen molar-refractivity contribution in [1.82, 2.24) is 10.2 Å². The minimum Gasteiger partial charge on any atom is -0.374 e. The van der Waals surface area contributed by atoms with Gasteiger partial charge in [-0.2, -0.15) is 0 Å². The number of carbonyl (C=O) groups is 1. The molecule has 2 amide bonds. The lowest BCUT2D eigenvalue weighted by atomic mass is 10.1. The van der Waals surface area contributed by atoms with Gasteiger partial charge in [0, 0.05) is 12.6 Å². The van der Waals surface area contributed by atoms with E-state index in [0.717, 1.165) is 32.2 Å². The molecular formula is C11H18N2O2. The summed E-state index contributed by atoms with van der Waals surface area (Å²) in [7, 11) is 0. The lowest BCUT2D eigenvalue weighted by Gasteiger charge is -2.37. The summed E-state index contributed by atoms with van der Waals surface area (Å²) in [4.78, 5) is 13.9. The number of carbonyl (C=O) groups excluding carboxylic acids is 1. The fraction of sp³-hybridized carbons (Fsp3) is 0.909. The van der Waals surface area contributed by atoms with E-state index in [-0.39, 0.29) is 6.03 Å². The van der Waals surface area contributed by atoms with Crippen LogP contribution in [-0.4, -0.2) is 42.3 Å². The maximum Gasteiger partial charge on any atom is 0.318 e. The number of rotatable bonds is 1. The molecule has 2 aliphatic carbocycles. The van der Waals surface area contributed by atoms with Crippen molar-refractivity contribution in [3.05, 3.63) is 0 Å². The van der Waals surface area contributed by atoms with E-state index in [1.807, 2.05) is 4.90 Å². The SMILES string of the molecule is O=C(NC1CC1)N1CCOC2CCCC21. The van der Waals surface area contributed by atoms with Crippen LogP contribution in [0.1, 0.15) is 32.1 Å². The monoisotopic (exact) mass is 210 g/mol. The Hall–Kier alpha value is -0.770. The van der Waals surface area contributed by atoms with Crippen molar-refractivity contribution in [3.8, 4) is 0 Å². The lowest BCUT2D eigenvalue weighted by Crippen LogP contribution is -2.54. The molecule has 3 rings (SSSR count). The molecule has 3 fully saturated rings. The van der Waals surface area contributed by atoms with Gasteiger partial charge < -0.3 is 15.0 Å². The van der Waals surface area contributed by atoms with Gasteiger partial charge in [-0.25, -0.2) is 4.79 Å². The number of urea groups is 1. The maximum absolute atomic E-state index is 12.0. The van der Waals surface area contributed by atoms with Crippen LogP contribution in [0.5, 0.6) is 0 Å². The molecule has 1 N–H and O–H groups in total. The summed E-state index contributed by atoms with van der Waals surface area (Å²) in [5.74, 6) is 0. The second kappa shape index (κ2) is 3.67. The molecule has 0 radical (unpaired) electrons. The van der Waals surface area contributed by atoms with E-state index >= 15 is 0 Å². The Balaban J connectivity index is 1.64. The van der Waals surface area contributed by atoms with Gasteiger partial charge >= 0.3 is 6.03 Å². The van der Waals surface area contributed by atoms with Crippen molar-refractivity contribution in [2.75, 3.05) is 13.2 Å². The van der Waals surface area contributed by atoms with Gasteiger partial charge in [-0.3, -0.25) is 0 Å². The molecule has 0 spiro atoms. The molecule has 0 aromatic rings. The molecule has 1 aliphatic heterocycles. The van der Waals surface area contributed by atoms with Crippen LogP contribution < -0.4 is 5.32 Å². The largest absolute Gasteiger partial charge is 0.374 e. The van der Waals surface area contributed by atoms with Crippen LogP contribution in [0.4, 0.5) is 4.79 Å². The van der Waals surface area contributed by atoms with Crippen LogP contribution in [0.2, 0.25) is 0 Å². The van der Waals surface area contributed by atoms with E-state index in [4.69, 9.17) is 4.74 Å². The standard InChI is InChI=1S/C11H18N2O2/c14-11(12-8-4-5-8)13-6-7-15-10-3-1-2-9(10)13/h8-10H,1-7H2,(H,12,14). The van der Waals surface area contributed by atoms with Gasteiger partial charge in [0.1, 0.15) is 0 Å². The highest BCUT2D eigenvalue weighted by Crippen LogP contribution is 2.30. The van der Waals surface area contributed by atoms with Crippen LogP contribution in [0, 0.1) is 0 Å². The van der Waals surface area contributed by atoms with Crippen molar-refractivity contribution in [2.45, 2.75) is 50.3 Å². The Labute approximate surface area is 90.0 Å². The number of hydrogen-bond donors (Lipinski definition) is 1. The third-order valence-electron chi connectivity index (χ3n) is 3.65. The van der Waals surface area contributed by atoms with E-state index in [1.165, 1.54) is 6.42 Å².